The summed E-state index contributed by atoms with van der Waals surface area (Å²) in [5, 5.41) is 15.6. The lowest BCUT2D eigenvalue weighted by molar-refractivity contribution is -0.136. The quantitative estimate of drug-likeness (QED) is 0.770. The fourth-order valence-electron chi connectivity index (χ4n) is 1.89. The molecule has 1 aromatic rings. The van der Waals surface area contributed by atoms with Crippen LogP contribution in [0, 0.1) is 0 Å². The van der Waals surface area contributed by atoms with E-state index in [2.05, 4.69) is 15.5 Å². The van der Waals surface area contributed by atoms with Crippen LogP contribution in [0.5, 0.6) is 0 Å². The van der Waals surface area contributed by atoms with Gasteiger partial charge >= 0.3 is 5.97 Å². The Kier molecular flexibility index (Phi) is 3.51. The molecule has 0 aliphatic carbocycles. The van der Waals surface area contributed by atoms with Crippen LogP contribution in [0.15, 0.2) is 4.52 Å². The number of carboxylic acids is 1. The van der Waals surface area contributed by atoms with E-state index in [1.54, 1.807) is 0 Å². The van der Waals surface area contributed by atoms with E-state index in [9.17, 15) is 4.79 Å². The van der Waals surface area contributed by atoms with Gasteiger partial charge in [0.05, 0.1) is 0 Å². The van der Waals surface area contributed by atoms with Gasteiger partial charge in [-0.25, -0.2) is 0 Å². The van der Waals surface area contributed by atoms with E-state index in [1.807, 2.05) is 0 Å². The Bertz CT molecular complexity index is 358. The Hall–Kier alpha value is -1.43. The summed E-state index contributed by atoms with van der Waals surface area (Å²) < 4.78 is 5.00. The van der Waals surface area contributed by atoms with Gasteiger partial charge in [-0.1, -0.05) is 11.6 Å². The van der Waals surface area contributed by atoms with Crippen LogP contribution in [-0.2, 0) is 17.6 Å². The summed E-state index contributed by atoms with van der Waals surface area (Å²) in [6, 6.07) is 0.381. The zero-order valence-electron chi connectivity index (χ0n) is 8.98. The zero-order valence-corrected chi connectivity index (χ0v) is 8.98. The Balaban J connectivity index is 1.88. The van der Waals surface area contributed by atoms with E-state index in [-0.39, 0.29) is 12.2 Å². The second-order valence-electron chi connectivity index (χ2n) is 4.03. The SMILES string of the molecule is O=C(O)Cc1noc(CC2CCCCN2)n1. The molecule has 1 unspecified atom stereocenters. The lowest BCUT2D eigenvalue weighted by Gasteiger charge is -2.21. The maximum Gasteiger partial charge on any atom is 0.311 e. The van der Waals surface area contributed by atoms with Crippen LogP contribution >= 0.6 is 0 Å². The van der Waals surface area contributed by atoms with Gasteiger partial charge in [-0.05, 0) is 19.4 Å². The summed E-state index contributed by atoms with van der Waals surface area (Å²) in [6.07, 6.45) is 4.04. The fraction of sp³-hybridized carbons (Fsp3) is 0.700. The standard InChI is InChI=1S/C10H15N3O3/c14-10(15)6-8-12-9(16-13-8)5-7-3-1-2-4-11-7/h7,11H,1-6H2,(H,14,15). The number of nitrogens with zero attached hydrogens (tertiary/aromatic N) is 2. The summed E-state index contributed by atoms with van der Waals surface area (Å²) in [7, 11) is 0. The van der Waals surface area contributed by atoms with E-state index in [0.29, 0.717) is 18.4 Å². The first-order valence-corrected chi connectivity index (χ1v) is 5.50. The molecular weight excluding hydrogens is 210 g/mol. The van der Waals surface area contributed by atoms with Gasteiger partial charge in [-0.3, -0.25) is 4.79 Å². The van der Waals surface area contributed by atoms with Crippen LogP contribution in [-0.4, -0.2) is 33.8 Å². The smallest absolute Gasteiger partial charge is 0.311 e. The summed E-state index contributed by atoms with van der Waals surface area (Å²) in [6.45, 7) is 1.03. The number of piperidine rings is 1. The van der Waals surface area contributed by atoms with Gasteiger partial charge in [-0.2, -0.15) is 4.98 Å². The predicted molar refractivity (Wildman–Crippen MR) is 55.0 cm³/mol. The number of hydrogen-bond donors (Lipinski definition) is 2. The molecule has 0 bridgehead atoms. The number of rotatable bonds is 4. The van der Waals surface area contributed by atoms with Crippen LogP contribution in [0.4, 0.5) is 0 Å². The van der Waals surface area contributed by atoms with Crippen molar-refractivity contribution in [2.45, 2.75) is 38.1 Å². The van der Waals surface area contributed by atoms with Gasteiger partial charge in [0.25, 0.3) is 0 Å². The Morgan fingerprint density at radius 1 is 1.56 bits per heavy atom. The lowest BCUT2D eigenvalue weighted by atomic mass is 10.0. The predicted octanol–water partition coefficient (Wildman–Crippen LogP) is 0.381. The first kappa shape index (κ1) is 11.1. The molecule has 1 saturated heterocycles. The third kappa shape index (κ3) is 3.03. The van der Waals surface area contributed by atoms with Gasteiger partial charge < -0.3 is 14.9 Å². The molecule has 1 aliphatic rings. The monoisotopic (exact) mass is 225 g/mol. The van der Waals surface area contributed by atoms with Gasteiger partial charge in [0.2, 0.25) is 5.89 Å². The molecule has 0 radical (unpaired) electrons. The second-order valence-corrected chi connectivity index (χ2v) is 4.03. The average molecular weight is 225 g/mol. The number of aromatic nitrogens is 2. The minimum Gasteiger partial charge on any atom is -0.481 e. The maximum absolute atomic E-state index is 10.4. The highest BCUT2D eigenvalue weighted by Crippen LogP contribution is 2.11. The second kappa shape index (κ2) is 5.07. The van der Waals surface area contributed by atoms with Crippen LogP contribution in [0.25, 0.3) is 0 Å². The van der Waals surface area contributed by atoms with Crippen molar-refractivity contribution in [1.29, 1.82) is 0 Å². The Labute approximate surface area is 93.0 Å². The first-order valence-electron chi connectivity index (χ1n) is 5.50. The molecule has 1 aliphatic heterocycles. The highest BCUT2D eigenvalue weighted by Gasteiger charge is 2.17. The minimum atomic E-state index is -0.942. The maximum atomic E-state index is 10.4. The third-order valence-corrected chi connectivity index (χ3v) is 2.65. The molecule has 6 nitrogen and oxygen atoms in total. The molecule has 0 saturated carbocycles. The molecule has 6 heteroatoms. The minimum absolute atomic E-state index is 0.179. The van der Waals surface area contributed by atoms with Gasteiger partial charge in [0.15, 0.2) is 5.82 Å². The van der Waals surface area contributed by atoms with Crippen LogP contribution in [0.1, 0.15) is 31.0 Å². The zero-order chi connectivity index (χ0) is 11.4. The molecule has 1 aromatic heterocycles. The molecule has 2 heterocycles. The first-order chi connectivity index (χ1) is 7.74. The van der Waals surface area contributed by atoms with E-state index >= 15 is 0 Å². The van der Waals surface area contributed by atoms with Gasteiger partial charge in [-0.15, -0.1) is 0 Å². The topological polar surface area (TPSA) is 88.2 Å². The van der Waals surface area contributed by atoms with E-state index < -0.39 is 5.97 Å². The Morgan fingerprint density at radius 2 is 2.44 bits per heavy atom. The lowest BCUT2D eigenvalue weighted by Crippen LogP contribution is -2.35. The summed E-state index contributed by atoms with van der Waals surface area (Å²) in [4.78, 5) is 14.5. The molecular formula is C10H15N3O3. The van der Waals surface area contributed by atoms with Crippen molar-refractivity contribution in [1.82, 2.24) is 15.5 Å². The molecule has 1 fully saturated rings. The highest BCUT2D eigenvalue weighted by atomic mass is 16.5. The van der Waals surface area contributed by atoms with E-state index in [4.69, 9.17) is 9.63 Å². The van der Waals surface area contributed by atoms with Crippen molar-refractivity contribution in [3.8, 4) is 0 Å². The number of hydrogen-bond acceptors (Lipinski definition) is 5. The van der Waals surface area contributed by atoms with Crippen molar-refractivity contribution >= 4 is 5.97 Å². The summed E-state index contributed by atoms with van der Waals surface area (Å²) >= 11 is 0. The number of carboxylic acid groups (broad SMARTS) is 1. The highest BCUT2D eigenvalue weighted by molar-refractivity contribution is 5.68. The molecule has 0 aromatic carbocycles. The number of carbonyl (C=O) groups is 1. The normalized spacial score (nSPS) is 20.9. The Morgan fingerprint density at radius 3 is 3.12 bits per heavy atom. The summed E-state index contributed by atoms with van der Waals surface area (Å²) in [5.74, 6) is -0.169. The summed E-state index contributed by atoms with van der Waals surface area (Å²) in [5.41, 5.74) is 0. The van der Waals surface area contributed by atoms with E-state index in [1.165, 1.54) is 12.8 Å². The molecule has 2 N–H and O–H groups in total. The van der Waals surface area contributed by atoms with Gasteiger partial charge in [0, 0.05) is 12.5 Å². The van der Waals surface area contributed by atoms with Crippen LogP contribution in [0.3, 0.4) is 0 Å². The third-order valence-electron chi connectivity index (χ3n) is 2.65. The number of nitrogens with one attached hydrogen (secondary N) is 1. The molecule has 0 amide bonds. The van der Waals surface area contributed by atoms with E-state index in [0.717, 1.165) is 13.0 Å². The van der Waals surface area contributed by atoms with Crippen molar-refractivity contribution in [3.05, 3.63) is 11.7 Å². The largest absolute Gasteiger partial charge is 0.481 e. The van der Waals surface area contributed by atoms with Crippen LogP contribution in [0.2, 0.25) is 0 Å². The molecule has 16 heavy (non-hydrogen) atoms. The van der Waals surface area contributed by atoms with Crippen molar-refractivity contribution in [2.75, 3.05) is 6.54 Å². The van der Waals surface area contributed by atoms with Crippen molar-refractivity contribution in [3.63, 3.8) is 0 Å². The molecule has 2 rings (SSSR count). The van der Waals surface area contributed by atoms with Crippen molar-refractivity contribution < 1.29 is 14.4 Å². The molecule has 88 valence electrons. The van der Waals surface area contributed by atoms with Crippen molar-refractivity contribution in [2.24, 2.45) is 0 Å². The molecule has 1 atom stereocenters. The van der Waals surface area contributed by atoms with Crippen LogP contribution < -0.4 is 5.32 Å². The average Bonchev–Trinajstić information content (AvgIpc) is 2.66. The molecule has 0 spiro atoms. The number of aliphatic carboxylic acids is 1. The fourth-order valence-corrected chi connectivity index (χ4v) is 1.89. The van der Waals surface area contributed by atoms with Gasteiger partial charge in [0.1, 0.15) is 6.42 Å².